The summed E-state index contributed by atoms with van der Waals surface area (Å²) in [5.74, 6) is 2.32. The van der Waals surface area contributed by atoms with Crippen LogP contribution in [0.3, 0.4) is 0 Å². The molecule has 1 aliphatic rings. The van der Waals surface area contributed by atoms with E-state index in [0.29, 0.717) is 56.7 Å². The molecule has 0 N–H and O–H groups in total. The molecule has 0 aromatic carbocycles. The second-order valence-electron chi connectivity index (χ2n) is 6.30. The number of piperazine rings is 1. The van der Waals surface area contributed by atoms with Crippen LogP contribution < -0.4 is 9.64 Å². The maximum atomic E-state index is 12.5. The number of ether oxygens (including phenoxy) is 1. The lowest BCUT2D eigenvalue weighted by molar-refractivity contribution is -0.131. The van der Waals surface area contributed by atoms with E-state index < -0.39 is 0 Å². The summed E-state index contributed by atoms with van der Waals surface area (Å²) < 4.78 is 10.8. The number of carbonyl (C=O) groups is 1. The first-order valence-electron chi connectivity index (χ1n) is 8.96. The number of methoxy groups -OCH3 is 1. The molecule has 4 rings (SSSR count). The number of hydrogen-bond acceptors (Lipinski definition) is 9. The van der Waals surface area contributed by atoms with Crippen molar-refractivity contribution in [3.63, 3.8) is 0 Å². The zero-order valence-electron chi connectivity index (χ0n) is 15.4. The van der Waals surface area contributed by atoms with E-state index in [-0.39, 0.29) is 5.91 Å². The third-order valence-electron chi connectivity index (χ3n) is 4.55. The lowest BCUT2D eigenvalue weighted by atomic mass is 10.2. The summed E-state index contributed by atoms with van der Waals surface area (Å²) >= 11 is 1.57. The number of amides is 1. The van der Waals surface area contributed by atoms with E-state index in [0.717, 1.165) is 11.4 Å². The van der Waals surface area contributed by atoms with Crippen LogP contribution in [0, 0.1) is 0 Å². The fourth-order valence-corrected chi connectivity index (χ4v) is 3.63. The van der Waals surface area contributed by atoms with Gasteiger partial charge in [0.2, 0.25) is 23.6 Å². The molecular formula is C18H20N6O3S. The first-order chi connectivity index (χ1) is 13.7. The summed E-state index contributed by atoms with van der Waals surface area (Å²) in [6, 6.07) is 1.93. The van der Waals surface area contributed by atoms with Gasteiger partial charge in [-0.2, -0.15) is 16.3 Å². The third kappa shape index (κ3) is 4.11. The Labute approximate surface area is 166 Å². The van der Waals surface area contributed by atoms with Gasteiger partial charge in [0.15, 0.2) is 5.82 Å². The molecule has 4 heterocycles. The molecule has 1 aliphatic heterocycles. The maximum absolute atomic E-state index is 12.5. The number of carbonyl (C=O) groups excluding carboxylic acids is 1. The van der Waals surface area contributed by atoms with Gasteiger partial charge >= 0.3 is 0 Å². The normalized spacial score (nSPS) is 14.3. The first kappa shape index (κ1) is 18.4. The quantitative estimate of drug-likeness (QED) is 0.619. The summed E-state index contributed by atoms with van der Waals surface area (Å²) in [5.41, 5.74) is 0.909. The molecule has 0 atom stereocenters. The molecule has 10 heteroatoms. The van der Waals surface area contributed by atoms with Crippen molar-refractivity contribution >= 4 is 23.1 Å². The first-order valence-corrected chi connectivity index (χ1v) is 9.91. The van der Waals surface area contributed by atoms with E-state index in [4.69, 9.17) is 9.15 Å². The van der Waals surface area contributed by atoms with Crippen LogP contribution in [-0.4, -0.2) is 64.3 Å². The number of thiophene rings is 1. The summed E-state index contributed by atoms with van der Waals surface area (Å²) in [6.07, 6.45) is 4.08. The van der Waals surface area contributed by atoms with Crippen LogP contribution in [-0.2, 0) is 11.2 Å². The molecule has 1 amide bonds. The Balaban J connectivity index is 1.27. The summed E-state index contributed by atoms with van der Waals surface area (Å²) in [5, 5.41) is 12.0. The van der Waals surface area contributed by atoms with Crippen molar-refractivity contribution in [2.24, 2.45) is 0 Å². The van der Waals surface area contributed by atoms with Crippen molar-refractivity contribution in [3.8, 4) is 17.3 Å². The Morgan fingerprint density at radius 1 is 1.25 bits per heavy atom. The minimum Gasteiger partial charge on any atom is -0.480 e. The van der Waals surface area contributed by atoms with Crippen LogP contribution in [0.4, 0.5) is 5.82 Å². The van der Waals surface area contributed by atoms with Gasteiger partial charge in [-0.1, -0.05) is 0 Å². The molecule has 0 bridgehead atoms. The molecular weight excluding hydrogens is 380 g/mol. The number of rotatable bonds is 6. The van der Waals surface area contributed by atoms with Gasteiger partial charge in [0.05, 0.1) is 19.5 Å². The Hall–Kier alpha value is -3.01. The van der Waals surface area contributed by atoms with Gasteiger partial charge in [0.1, 0.15) is 0 Å². The standard InChI is InChI=1S/C18H20N6O3S/c1-26-16-11-19-10-14(20-16)23-5-7-24(8-6-23)17(25)3-2-15-21-22-18(27-15)13-4-9-28-12-13/h4,9-12H,2-3,5-8H2,1H3. The molecule has 3 aromatic heterocycles. The largest absolute Gasteiger partial charge is 0.480 e. The fraction of sp³-hybridized carbons (Fsp3) is 0.389. The van der Waals surface area contributed by atoms with Crippen LogP contribution in [0.2, 0.25) is 0 Å². The molecule has 0 spiro atoms. The van der Waals surface area contributed by atoms with Gasteiger partial charge < -0.3 is 19.0 Å². The Kier molecular flexibility index (Phi) is 5.47. The Morgan fingerprint density at radius 3 is 2.86 bits per heavy atom. The van der Waals surface area contributed by atoms with E-state index in [1.807, 2.05) is 21.7 Å². The summed E-state index contributed by atoms with van der Waals surface area (Å²) in [7, 11) is 1.57. The zero-order chi connectivity index (χ0) is 19.3. The van der Waals surface area contributed by atoms with Crippen molar-refractivity contribution in [2.75, 3.05) is 38.2 Å². The fourth-order valence-electron chi connectivity index (χ4n) is 3.00. The van der Waals surface area contributed by atoms with Crippen molar-refractivity contribution < 1.29 is 13.9 Å². The third-order valence-corrected chi connectivity index (χ3v) is 5.24. The Bertz CT molecular complexity index is 921. The van der Waals surface area contributed by atoms with Gasteiger partial charge in [0.25, 0.3) is 0 Å². The van der Waals surface area contributed by atoms with E-state index >= 15 is 0 Å². The van der Waals surface area contributed by atoms with Gasteiger partial charge in [0, 0.05) is 50.0 Å². The number of nitrogens with zero attached hydrogens (tertiary/aromatic N) is 6. The Morgan fingerprint density at radius 2 is 2.11 bits per heavy atom. The summed E-state index contributed by atoms with van der Waals surface area (Å²) in [6.45, 7) is 2.69. The average Bonchev–Trinajstić information content (AvgIpc) is 3.44. The molecule has 9 nitrogen and oxygen atoms in total. The highest BCUT2D eigenvalue weighted by molar-refractivity contribution is 7.08. The second kappa shape index (κ2) is 8.34. The molecule has 146 valence electrons. The molecule has 0 saturated carbocycles. The number of hydrogen-bond donors (Lipinski definition) is 0. The predicted molar refractivity (Wildman–Crippen MR) is 103 cm³/mol. The van der Waals surface area contributed by atoms with Gasteiger partial charge in [-0.25, -0.2) is 0 Å². The lowest BCUT2D eigenvalue weighted by Gasteiger charge is -2.35. The number of anilines is 1. The van der Waals surface area contributed by atoms with Crippen LogP contribution in [0.1, 0.15) is 12.3 Å². The van der Waals surface area contributed by atoms with Crippen LogP contribution >= 0.6 is 11.3 Å². The highest BCUT2D eigenvalue weighted by Crippen LogP contribution is 2.21. The number of aryl methyl sites for hydroxylation is 1. The topological polar surface area (TPSA) is 97.5 Å². The van der Waals surface area contributed by atoms with Crippen LogP contribution in [0.25, 0.3) is 11.5 Å². The SMILES string of the molecule is COc1cncc(N2CCN(C(=O)CCc3nnc(-c4ccsc4)o3)CC2)n1. The van der Waals surface area contributed by atoms with Crippen LogP contribution in [0.15, 0.2) is 33.6 Å². The average molecular weight is 400 g/mol. The minimum atomic E-state index is 0.0895. The molecule has 3 aromatic rings. The lowest BCUT2D eigenvalue weighted by Crippen LogP contribution is -2.49. The van der Waals surface area contributed by atoms with Gasteiger partial charge in [-0.3, -0.25) is 9.78 Å². The zero-order valence-corrected chi connectivity index (χ0v) is 16.3. The van der Waals surface area contributed by atoms with Crippen molar-refractivity contribution in [1.29, 1.82) is 0 Å². The van der Waals surface area contributed by atoms with Crippen molar-refractivity contribution in [1.82, 2.24) is 25.1 Å². The predicted octanol–water partition coefficient (Wildman–Crippen LogP) is 1.88. The molecule has 28 heavy (non-hydrogen) atoms. The number of aromatic nitrogens is 4. The monoisotopic (exact) mass is 400 g/mol. The van der Waals surface area contributed by atoms with Crippen molar-refractivity contribution in [3.05, 3.63) is 35.1 Å². The summed E-state index contributed by atoms with van der Waals surface area (Å²) in [4.78, 5) is 25.0. The van der Waals surface area contributed by atoms with E-state index in [9.17, 15) is 4.79 Å². The molecule has 1 saturated heterocycles. The smallest absolute Gasteiger partial charge is 0.248 e. The highest BCUT2D eigenvalue weighted by atomic mass is 32.1. The van der Waals surface area contributed by atoms with Gasteiger partial charge in [-0.15, -0.1) is 10.2 Å². The molecule has 0 aliphatic carbocycles. The van der Waals surface area contributed by atoms with E-state index in [1.165, 1.54) is 0 Å². The molecule has 0 unspecified atom stereocenters. The van der Waals surface area contributed by atoms with Crippen molar-refractivity contribution in [2.45, 2.75) is 12.8 Å². The minimum absolute atomic E-state index is 0.0895. The highest BCUT2D eigenvalue weighted by Gasteiger charge is 2.22. The maximum Gasteiger partial charge on any atom is 0.248 e. The van der Waals surface area contributed by atoms with E-state index in [1.54, 1.807) is 30.8 Å². The molecule has 0 radical (unpaired) electrons. The molecule has 1 fully saturated rings. The van der Waals surface area contributed by atoms with Crippen LogP contribution in [0.5, 0.6) is 5.88 Å². The van der Waals surface area contributed by atoms with Gasteiger partial charge in [-0.05, 0) is 11.4 Å². The van der Waals surface area contributed by atoms with E-state index in [2.05, 4.69) is 25.1 Å². The second-order valence-corrected chi connectivity index (χ2v) is 7.08.